The largest absolute Gasteiger partial charge is 0.417 e. The number of alkyl halides is 3. The zero-order valence-electron chi connectivity index (χ0n) is 16.4. The minimum absolute atomic E-state index is 0.234. The van der Waals surface area contributed by atoms with Gasteiger partial charge in [-0.25, -0.2) is 0 Å². The summed E-state index contributed by atoms with van der Waals surface area (Å²) >= 11 is 0. The first-order valence-electron chi connectivity index (χ1n) is 9.17. The van der Waals surface area contributed by atoms with Crippen LogP contribution in [0.1, 0.15) is 39.3 Å². The maximum absolute atomic E-state index is 13.4. The highest BCUT2D eigenvalue weighted by Gasteiger charge is 2.34. The summed E-state index contributed by atoms with van der Waals surface area (Å²) in [6.45, 7) is 1.99. The Morgan fingerprint density at radius 1 is 1.00 bits per heavy atom. The Kier molecular flexibility index (Phi) is 7.76. The first-order chi connectivity index (χ1) is 14.3. The number of amides is 1. The third-order valence-corrected chi connectivity index (χ3v) is 4.60. The summed E-state index contributed by atoms with van der Waals surface area (Å²) in [6.07, 6.45) is -3.74. The van der Waals surface area contributed by atoms with Crippen molar-refractivity contribution in [3.8, 4) is 6.07 Å². The molecule has 0 aromatic heterocycles. The number of nitriles is 1. The molecule has 0 fully saturated rings. The van der Waals surface area contributed by atoms with E-state index in [0.29, 0.717) is 12.0 Å². The van der Waals surface area contributed by atoms with Crippen molar-refractivity contribution in [2.75, 3.05) is 0 Å². The lowest BCUT2D eigenvalue weighted by Gasteiger charge is -2.20. The summed E-state index contributed by atoms with van der Waals surface area (Å²) in [6, 6.07) is 23.1. The van der Waals surface area contributed by atoms with Gasteiger partial charge in [0.15, 0.2) is 0 Å². The van der Waals surface area contributed by atoms with E-state index in [4.69, 9.17) is 10.1 Å². The second-order valence-corrected chi connectivity index (χ2v) is 6.71. The molecule has 0 radical (unpaired) electrons. The van der Waals surface area contributed by atoms with E-state index < -0.39 is 11.7 Å². The van der Waals surface area contributed by atoms with E-state index in [0.717, 1.165) is 22.8 Å². The summed E-state index contributed by atoms with van der Waals surface area (Å²) in [5, 5.41) is 9.04. The number of hydrogen-bond acceptors (Lipinski definition) is 2. The van der Waals surface area contributed by atoms with Crippen molar-refractivity contribution >= 4 is 6.41 Å². The van der Waals surface area contributed by atoms with E-state index in [1.807, 2.05) is 61.5 Å². The molecular formula is C24H21F3N2O. The van der Waals surface area contributed by atoms with E-state index in [1.165, 1.54) is 6.07 Å². The number of nitrogens with zero attached hydrogens (tertiary/aromatic N) is 1. The van der Waals surface area contributed by atoms with Crippen molar-refractivity contribution in [3.63, 3.8) is 0 Å². The minimum atomic E-state index is -4.56. The van der Waals surface area contributed by atoms with Gasteiger partial charge in [-0.05, 0) is 42.2 Å². The van der Waals surface area contributed by atoms with Crippen molar-refractivity contribution in [2.45, 2.75) is 25.4 Å². The van der Waals surface area contributed by atoms with Gasteiger partial charge in [0.25, 0.3) is 0 Å². The molecule has 3 rings (SSSR count). The zero-order chi connectivity index (χ0) is 22.1. The topological polar surface area (TPSA) is 66.9 Å². The van der Waals surface area contributed by atoms with Gasteiger partial charge in [0.05, 0.1) is 17.2 Å². The van der Waals surface area contributed by atoms with Crippen LogP contribution in [0.25, 0.3) is 0 Å². The number of nitrogens with two attached hydrogens (primary N) is 1. The van der Waals surface area contributed by atoms with Crippen LogP contribution in [-0.4, -0.2) is 6.41 Å². The van der Waals surface area contributed by atoms with Crippen molar-refractivity contribution in [3.05, 3.63) is 106 Å². The van der Waals surface area contributed by atoms with Gasteiger partial charge in [-0.3, -0.25) is 4.79 Å². The Bertz CT molecular complexity index is 1020. The number of aryl methyl sites for hydroxylation is 1. The predicted octanol–water partition coefficient (Wildman–Crippen LogP) is 5.36. The quantitative estimate of drug-likeness (QED) is 0.588. The molecular weight excluding hydrogens is 389 g/mol. The molecule has 0 aliphatic carbocycles. The molecule has 0 aliphatic heterocycles. The highest BCUT2D eigenvalue weighted by molar-refractivity contribution is 5.46. The Balaban J connectivity index is 0.00000101. The zero-order valence-corrected chi connectivity index (χ0v) is 16.4. The van der Waals surface area contributed by atoms with Crippen molar-refractivity contribution in [2.24, 2.45) is 5.73 Å². The second-order valence-electron chi connectivity index (χ2n) is 6.71. The number of rotatable bonds is 4. The van der Waals surface area contributed by atoms with Crippen LogP contribution in [0.2, 0.25) is 0 Å². The molecule has 2 N–H and O–H groups in total. The summed E-state index contributed by atoms with van der Waals surface area (Å²) in [7, 11) is 0. The Morgan fingerprint density at radius 3 is 2.23 bits per heavy atom. The number of benzene rings is 3. The van der Waals surface area contributed by atoms with Crippen molar-refractivity contribution in [1.29, 1.82) is 5.26 Å². The van der Waals surface area contributed by atoms with Gasteiger partial charge in [-0.15, -0.1) is 0 Å². The number of carbonyl (C=O) groups excluding carboxylic acids is 1. The lowest BCUT2D eigenvalue weighted by atomic mass is 9.84. The molecule has 6 heteroatoms. The summed E-state index contributed by atoms with van der Waals surface area (Å²) in [5.41, 5.74) is 6.59. The van der Waals surface area contributed by atoms with Gasteiger partial charge < -0.3 is 5.73 Å². The van der Waals surface area contributed by atoms with E-state index in [1.54, 1.807) is 12.1 Å². The van der Waals surface area contributed by atoms with Gasteiger partial charge >= 0.3 is 6.18 Å². The Labute approximate surface area is 173 Å². The molecule has 0 spiro atoms. The standard InChI is InChI=1S/C23H18F3N.CH3NO/c1-16-6-5-7-17(12-16)13-21(18-8-3-2-4-9-18)19-10-11-20(15-27)22(14-19)23(24,25)26;2-1-3/h2-12,14,21H,13H2,1H3;1H,(H2,2,3). The first-order valence-corrected chi connectivity index (χ1v) is 9.17. The molecule has 1 unspecified atom stereocenters. The average Bonchev–Trinajstić information content (AvgIpc) is 2.72. The highest BCUT2D eigenvalue weighted by Crippen LogP contribution is 2.36. The van der Waals surface area contributed by atoms with Gasteiger partial charge in [-0.2, -0.15) is 18.4 Å². The van der Waals surface area contributed by atoms with Crippen LogP contribution >= 0.6 is 0 Å². The monoisotopic (exact) mass is 410 g/mol. The van der Waals surface area contributed by atoms with Crippen LogP contribution in [0, 0.1) is 18.3 Å². The van der Waals surface area contributed by atoms with Crippen LogP contribution < -0.4 is 5.73 Å². The smallest absolute Gasteiger partial charge is 0.372 e. The molecule has 3 aromatic rings. The molecule has 1 atom stereocenters. The minimum Gasteiger partial charge on any atom is -0.372 e. The Hall–Kier alpha value is -3.59. The van der Waals surface area contributed by atoms with E-state index >= 15 is 0 Å². The van der Waals surface area contributed by atoms with Gasteiger partial charge in [-0.1, -0.05) is 66.2 Å². The molecule has 0 heterocycles. The van der Waals surface area contributed by atoms with Crippen LogP contribution in [0.5, 0.6) is 0 Å². The van der Waals surface area contributed by atoms with Crippen LogP contribution in [0.3, 0.4) is 0 Å². The van der Waals surface area contributed by atoms with E-state index in [9.17, 15) is 13.2 Å². The third kappa shape index (κ3) is 5.95. The number of halogens is 3. The molecule has 0 aliphatic rings. The molecule has 0 saturated carbocycles. The maximum Gasteiger partial charge on any atom is 0.417 e. The highest BCUT2D eigenvalue weighted by atomic mass is 19.4. The molecule has 154 valence electrons. The SMILES string of the molecule is Cc1cccc(CC(c2ccccc2)c2ccc(C#N)c(C(F)(F)F)c2)c1.NC=O. The van der Waals surface area contributed by atoms with E-state index in [2.05, 4.69) is 5.73 Å². The summed E-state index contributed by atoms with van der Waals surface area (Å²) in [5.74, 6) is -0.234. The second kappa shape index (κ2) is 10.3. The normalized spacial score (nSPS) is 11.6. The number of hydrogen-bond donors (Lipinski definition) is 1. The summed E-state index contributed by atoms with van der Waals surface area (Å²) < 4.78 is 40.2. The van der Waals surface area contributed by atoms with Crippen LogP contribution in [0.4, 0.5) is 13.2 Å². The average molecular weight is 410 g/mol. The molecule has 30 heavy (non-hydrogen) atoms. The molecule has 1 amide bonds. The maximum atomic E-state index is 13.4. The van der Waals surface area contributed by atoms with Gasteiger partial charge in [0.2, 0.25) is 6.41 Å². The van der Waals surface area contributed by atoms with Crippen molar-refractivity contribution in [1.82, 2.24) is 0 Å². The number of primary amides is 1. The molecule has 3 aromatic carbocycles. The fraction of sp³-hybridized carbons (Fsp3) is 0.167. The van der Waals surface area contributed by atoms with Crippen LogP contribution in [-0.2, 0) is 17.4 Å². The fourth-order valence-electron chi connectivity index (χ4n) is 3.30. The van der Waals surface area contributed by atoms with Crippen molar-refractivity contribution < 1.29 is 18.0 Å². The molecule has 3 nitrogen and oxygen atoms in total. The number of carbonyl (C=O) groups is 1. The molecule has 0 saturated heterocycles. The lowest BCUT2D eigenvalue weighted by molar-refractivity contribution is -0.137. The first kappa shape index (κ1) is 22.7. The van der Waals surface area contributed by atoms with E-state index in [-0.39, 0.29) is 17.9 Å². The lowest BCUT2D eigenvalue weighted by Crippen LogP contribution is -2.11. The predicted molar refractivity (Wildman–Crippen MR) is 110 cm³/mol. The summed E-state index contributed by atoms with van der Waals surface area (Å²) in [4.78, 5) is 8.58. The molecule has 0 bridgehead atoms. The van der Waals surface area contributed by atoms with Crippen LogP contribution in [0.15, 0.2) is 72.8 Å². The Morgan fingerprint density at radius 2 is 1.67 bits per heavy atom. The van der Waals surface area contributed by atoms with Gasteiger partial charge in [0.1, 0.15) is 0 Å². The van der Waals surface area contributed by atoms with Gasteiger partial charge in [0, 0.05) is 5.92 Å². The third-order valence-electron chi connectivity index (χ3n) is 4.60. The fourth-order valence-corrected chi connectivity index (χ4v) is 3.30.